The Labute approximate surface area is 242 Å². The molecule has 3 amide bonds. The quantitative estimate of drug-likeness (QED) is 0.425. The van der Waals surface area contributed by atoms with E-state index in [2.05, 4.69) is 10.3 Å². The normalized spacial score (nSPS) is 22.3. The van der Waals surface area contributed by atoms with Gasteiger partial charge in [-0.25, -0.2) is 32.2 Å². The van der Waals surface area contributed by atoms with Crippen molar-refractivity contribution in [2.45, 2.75) is 49.2 Å². The Morgan fingerprint density at radius 3 is 2.51 bits per heavy atom. The number of carbonyl (C=O) groups excluding carboxylic acids is 3. The Morgan fingerprint density at radius 1 is 1.09 bits per heavy atom. The van der Waals surface area contributed by atoms with E-state index in [1.807, 2.05) is 6.07 Å². The Balaban J connectivity index is 1.51. The minimum atomic E-state index is -2.95. The van der Waals surface area contributed by atoms with Crippen LogP contribution in [0.15, 0.2) is 60.8 Å². The number of amides is 3. The summed E-state index contributed by atoms with van der Waals surface area (Å²) in [6.45, 7) is -0.501. The first-order valence-corrected chi connectivity index (χ1v) is 13.4. The fourth-order valence-electron chi connectivity index (χ4n) is 6.06. The second-order valence-electron chi connectivity index (χ2n) is 10.7. The van der Waals surface area contributed by atoms with E-state index in [9.17, 15) is 37.2 Å². The fourth-order valence-corrected chi connectivity index (χ4v) is 6.06. The molecule has 0 unspecified atom stereocenters. The van der Waals surface area contributed by atoms with Crippen LogP contribution in [0.4, 0.5) is 33.9 Å². The number of pyridine rings is 1. The van der Waals surface area contributed by atoms with Crippen LogP contribution in [-0.2, 0) is 26.3 Å². The Morgan fingerprint density at radius 2 is 1.81 bits per heavy atom. The number of nitrogens with zero attached hydrogens (tertiary/aromatic N) is 4. The van der Waals surface area contributed by atoms with Crippen molar-refractivity contribution >= 4 is 29.4 Å². The maximum Gasteiger partial charge on any atom is 0.416 e. The monoisotopic (exact) mass is 593 g/mol. The number of benzene rings is 2. The molecule has 3 aromatic rings. The highest BCUT2D eigenvalue weighted by atomic mass is 19.3. The van der Waals surface area contributed by atoms with Gasteiger partial charge >= 0.3 is 6.09 Å². The van der Waals surface area contributed by atoms with E-state index in [0.717, 1.165) is 21.9 Å². The molecule has 2 fully saturated rings. The van der Waals surface area contributed by atoms with Gasteiger partial charge in [0.05, 0.1) is 17.3 Å². The SMILES string of the molecule is N#Cc1ccnc(N2C(=O)OC[C@H]2C(=O)N(c2cc(F)cc(F)c2)[C@@]2(C(=O)NC3CC(F)(F)C3)CCc3ccccc32)c1. The average Bonchev–Trinajstić information content (AvgIpc) is 3.53. The number of ether oxygens (including phenoxy) is 1. The number of cyclic esters (lactones) is 1. The number of nitrogens with one attached hydrogen (secondary N) is 1. The van der Waals surface area contributed by atoms with E-state index in [4.69, 9.17) is 4.74 Å². The van der Waals surface area contributed by atoms with Gasteiger partial charge in [0.1, 0.15) is 24.1 Å². The molecular weight excluding hydrogens is 570 g/mol. The molecule has 1 aliphatic heterocycles. The van der Waals surface area contributed by atoms with E-state index in [0.29, 0.717) is 17.2 Å². The molecule has 1 saturated heterocycles. The summed E-state index contributed by atoms with van der Waals surface area (Å²) in [6, 6.07) is 11.3. The second kappa shape index (κ2) is 10.4. The lowest BCUT2D eigenvalue weighted by Crippen LogP contribution is -2.64. The Hall–Kier alpha value is -4.99. The van der Waals surface area contributed by atoms with Crippen molar-refractivity contribution in [1.29, 1.82) is 5.26 Å². The third-order valence-corrected chi connectivity index (χ3v) is 8.01. The van der Waals surface area contributed by atoms with Crippen LogP contribution in [0.25, 0.3) is 0 Å². The summed E-state index contributed by atoms with van der Waals surface area (Å²) in [5.74, 6) is -6.86. The molecule has 2 atom stereocenters. The molecule has 2 heterocycles. The fraction of sp³-hybridized carbons (Fsp3) is 0.300. The van der Waals surface area contributed by atoms with Crippen LogP contribution >= 0.6 is 0 Å². The van der Waals surface area contributed by atoms with Crippen molar-refractivity contribution in [1.82, 2.24) is 10.3 Å². The van der Waals surface area contributed by atoms with E-state index >= 15 is 0 Å². The van der Waals surface area contributed by atoms with Crippen molar-refractivity contribution in [3.63, 3.8) is 0 Å². The highest BCUT2D eigenvalue weighted by Gasteiger charge is 2.57. The van der Waals surface area contributed by atoms with Gasteiger partial charge < -0.3 is 10.1 Å². The smallest absolute Gasteiger partial charge is 0.416 e. The van der Waals surface area contributed by atoms with E-state index in [1.54, 1.807) is 24.3 Å². The summed E-state index contributed by atoms with van der Waals surface area (Å²) in [6.07, 6.45) is -0.668. The van der Waals surface area contributed by atoms with Crippen LogP contribution < -0.4 is 15.1 Å². The first-order chi connectivity index (χ1) is 20.5. The number of nitriles is 1. The van der Waals surface area contributed by atoms with E-state index in [1.165, 1.54) is 18.3 Å². The molecule has 2 aromatic carbocycles. The summed E-state index contributed by atoms with van der Waals surface area (Å²) < 4.78 is 62.0. The second-order valence-corrected chi connectivity index (χ2v) is 10.7. The van der Waals surface area contributed by atoms with E-state index in [-0.39, 0.29) is 29.9 Å². The molecule has 1 N–H and O–H groups in total. The predicted octanol–water partition coefficient (Wildman–Crippen LogP) is 4.35. The van der Waals surface area contributed by atoms with Gasteiger partial charge in [0, 0.05) is 31.1 Å². The third-order valence-electron chi connectivity index (χ3n) is 8.01. The largest absolute Gasteiger partial charge is 0.446 e. The summed E-state index contributed by atoms with van der Waals surface area (Å²) in [7, 11) is 0. The lowest BCUT2D eigenvalue weighted by atomic mass is 9.83. The molecule has 0 radical (unpaired) electrons. The predicted molar refractivity (Wildman–Crippen MR) is 143 cm³/mol. The molecular formula is C30H23F4N5O4. The lowest BCUT2D eigenvalue weighted by Gasteiger charge is -2.44. The topological polar surface area (TPSA) is 116 Å². The first kappa shape index (κ1) is 28.1. The number of halogens is 4. The van der Waals surface area contributed by atoms with Crippen molar-refractivity contribution in [3.8, 4) is 6.07 Å². The maximum atomic E-state index is 14.7. The number of aromatic nitrogens is 1. The summed E-state index contributed by atoms with van der Waals surface area (Å²) >= 11 is 0. The number of fused-ring (bicyclic) bond motifs is 1. The molecule has 1 saturated carbocycles. The summed E-state index contributed by atoms with van der Waals surface area (Å²) in [5.41, 5.74) is -1.11. The highest BCUT2D eigenvalue weighted by Crippen LogP contribution is 2.47. The molecule has 43 heavy (non-hydrogen) atoms. The molecule has 0 bridgehead atoms. The number of hydrogen-bond acceptors (Lipinski definition) is 6. The van der Waals surface area contributed by atoms with E-state index < -0.39 is 72.5 Å². The Kier molecular flexibility index (Phi) is 6.79. The number of aryl methyl sites for hydroxylation is 1. The molecule has 1 aromatic heterocycles. The number of alkyl halides is 2. The van der Waals surface area contributed by atoms with Gasteiger partial charge in [0.15, 0.2) is 11.6 Å². The zero-order chi connectivity index (χ0) is 30.5. The van der Waals surface area contributed by atoms with Crippen molar-refractivity contribution < 1.29 is 36.7 Å². The Bertz CT molecular complexity index is 1670. The average molecular weight is 594 g/mol. The summed E-state index contributed by atoms with van der Waals surface area (Å²) in [5, 5.41) is 12.0. The summed E-state index contributed by atoms with van der Waals surface area (Å²) in [4.78, 5) is 47.7. The van der Waals surface area contributed by atoms with Crippen molar-refractivity contribution in [3.05, 3.63) is 89.1 Å². The van der Waals surface area contributed by atoms with Gasteiger partial charge in [-0.15, -0.1) is 0 Å². The van der Waals surface area contributed by atoms with Crippen LogP contribution in [0.2, 0.25) is 0 Å². The van der Waals surface area contributed by atoms with Crippen LogP contribution in [0.1, 0.15) is 36.0 Å². The molecule has 13 heteroatoms. The lowest BCUT2D eigenvalue weighted by molar-refractivity contribution is -0.137. The van der Waals surface area contributed by atoms with Gasteiger partial charge in [-0.05, 0) is 48.2 Å². The highest BCUT2D eigenvalue weighted by molar-refractivity contribution is 6.11. The number of rotatable bonds is 6. The molecule has 2 aliphatic carbocycles. The minimum absolute atomic E-state index is 0.0468. The molecule has 220 valence electrons. The van der Waals surface area contributed by atoms with Gasteiger partial charge in [-0.3, -0.25) is 14.5 Å². The van der Waals surface area contributed by atoms with Crippen LogP contribution in [-0.4, -0.2) is 47.5 Å². The first-order valence-electron chi connectivity index (χ1n) is 13.4. The third kappa shape index (κ3) is 4.82. The molecule has 6 rings (SSSR count). The molecule has 3 aliphatic rings. The molecule has 9 nitrogen and oxygen atoms in total. The zero-order valence-electron chi connectivity index (χ0n) is 22.4. The number of anilines is 2. The van der Waals surface area contributed by atoms with Crippen molar-refractivity contribution in [2.75, 3.05) is 16.4 Å². The van der Waals surface area contributed by atoms with Gasteiger partial charge in [0.25, 0.3) is 17.7 Å². The van der Waals surface area contributed by atoms with Crippen molar-refractivity contribution in [2.24, 2.45) is 0 Å². The van der Waals surface area contributed by atoms with Crippen LogP contribution in [0.3, 0.4) is 0 Å². The maximum absolute atomic E-state index is 14.7. The molecule has 0 spiro atoms. The van der Waals surface area contributed by atoms with Crippen LogP contribution in [0.5, 0.6) is 0 Å². The standard InChI is InChI=1S/C30H23F4N5O4/c31-19-10-20(32)12-22(11-19)39(26(40)24-16-43-28(42)38(24)25-9-17(15-35)6-8-36-25)30(7-5-18-3-1-2-4-23(18)30)27(41)37-21-13-29(33,34)14-21/h1-4,6,8-12,21,24H,5,7,13-14,16H2,(H,37,41)/t24-,30-/m0/s1. The number of hydrogen-bond donors (Lipinski definition) is 1. The van der Waals surface area contributed by atoms with Crippen LogP contribution in [0, 0.1) is 23.0 Å². The van der Waals surface area contributed by atoms with Gasteiger partial charge in [-0.1, -0.05) is 24.3 Å². The number of carbonyl (C=O) groups is 3. The van der Waals surface area contributed by atoms with Gasteiger partial charge in [-0.2, -0.15) is 5.26 Å². The minimum Gasteiger partial charge on any atom is -0.446 e. The zero-order valence-corrected chi connectivity index (χ0v) is 22.4. The van der Waals surface area contributed by atoms with Gasteiger partial charge in [0.2, 0.25) is 0 Å².